The zero-order valence-electron chi connectivity index (χ0n) is 11.3. The zero-order chi connectivity index (χ0) is 13.5. The van der Waals surface area contributed by atoms with Gasteiger partial charge in [-0.2, -0.15) is 4.31 Å². The third-order valence-corrected chi connectivity index (χ3v) is 6.35. The minimum atomic E-state index is -3.34. The van der Waals surface area contributed by atoms with Crippen molar-refractivity contribution >= 4 is 22.4 Å². The Balaban J connectivity index is 0.00000147. The monoisotopic (exact) mass is 316 g/mol. The van der Waals surface area contributed by atoms with Gasteiger partial charge in [-0.3, -0.25) is 0 Å². The summed E-state index contributed by atoms with van der Waals surface area (Å²) in [5, 5.41) is 0. The normalized spacial score (nSPS) is 30.6. The van der Waals surface area contributed by atoms with E-state index in [2.05, 4.69) is 0 Å². The van der Waals surface area contributed by atoms with Gasteiger partial charge in [0.15, 0.2) is 0 Å². The van der Waals surface area contributed by atoms with E-state index < -0.39 is 10.0 Å². The molecule has 0 radical (unpaired) electrons. The summed E-state index contributed by atoms with van der Waals surface area (Å²) in [7, 11) is -3.34. The maximum absolute atomic E-state index is 12.6. The molecule has 3 unspecified atom stereocenters. The summed E-state index contributed by atoms with van der Waals surface area (Å²) in [4.78, 5) is 0.391. The quantitative estimate of drug-likeness (QED) is 0.905. The molecule has 20 heavy (non-hydrogen) atoms. The SMILES string of the molecule is Cl.NC1CCCC2CN(S(=O)(=O)c3ccccc3)CC12. The molecule has 3 rings (SSSR count). The molecule has 2 aliphatic rings. The molecule has 1 aromatic carbocycles. The van der Waals surface area contributed by atoms with Gasteiger partial charge in [0.2, 0.25) is 10.0 Å². The van der Waals surface area contributed by atoms with E-state index >= 15 is 0 Å². The van der Waals surface area contributed by atoms with Crippen LogP contribution in [0.25, 0.3) is 0 Å². The second-order valence-electron chi connectivity index (χ2n) is 5.65. The van der Waals surface area contributed by atoms with Crippen LogP contribution in [0.15, 0.2) is 35.2 Å². The number of hydrogen-bond donors (Lipinski definition) is 1. The van der Waals surface area contributed by atoms with Crippen molar-refractivity contribution in [3.05, 3.63) is 30.3 Å². The van der Waals surface area contributed by atoms with Crippen LogP contribution in [0, 0.1) is 11.8 Å². The Hall–Kier alpha value is -0.620. The molecule has 3 atom stereocenters. The summed E-state index contributed by atoms with van der Waals surface area (Å²) in [6.45, 7) is 1.22. The molecule has 4 nitrogen and oxygen atoms in total. The Morgan fingerprint density at radius 1 is 1.10 bits per heavy atom. The smallest absolute Gasteiger partial charge is 0.243 e. The molecular formula is C14H21ClN2O2S. The van der Waals surface area contributed by atoms with Gasteiger partial charge in [0.1, 0.15) is 0 Å². The second-order valence-corrected chi connectivity index (χ2v) is 7.59. The van der Waals surface area contributed by atoms with Crippen LogP contribution in [0.5, 0.6) is 0 Å². The van der Waals surface area contributed by atoms with E-state index in [0.717, 1.165) is 19.3 Å². The number of benzene rings is 1. The molecule has 112 valence electrons. The lowest BCUT2D eigenvalue weighted by molar-refractivity contribution is 0.260. The maximum atomic E-state index is 12.6. The Kier molecular flexibility index (Phi) is 4.74. The van der Waals surface area contributed by atoms with Crippen molar-refractivity contribution in [3.8, 4) is 0 Å². The van der Waals surface area contributed by atoms with Crippen molar-refractivity contribution in [1.82, 2.24) is 4.31 Å². The first-order chi connectivity index (χ1) is 9.09. The topological polar surface area (TPSA) is 63.4 Å². The molecule has 2 fully saturated rings. The Bertz CT molecular complexity index is 550. The van der Waals surface area contributed by atoms with Crippen LogP contribution in [0.4, 0.5) is 0 Å². The molecule has 0 aromatic heterocycles. The Morgan fingerprint density at radius 3 is 2.45 bits per heavy atom. The molecule has 1 saturated carbocycles. The van der Waals surface area contributed by atoms with Gasteiger partial charge in [0.25, 0.3) is 0 Å². The van der Waals surface area contributed by atoms with Crippen molar-refractivity contribution in [3.63, 3.8) is 0 Å². The third-order valence-electron chi connectivity index (χ3n) is 4.50. The highest BCUT2D eigenvalue weighted by Crippen LogP contribution is 2.37. The lowest BCUT2D eigenvalue weighted by Crippen LogP contribution is -2.38. The van der Waals surface area contributed by atoms with Gasteiger partial charge in [-0.1, -0.05) is 24.6 Å². The van der Waals surface area contributed by atoms with Gasteiger partial charge in [0, 0.05) is 19.1 Å². The number of halogens is 1. The van der Waals surface area contributed by atoms with Crippen LogP contribution in [0.2, 0.25) is 0 Å². The van der Waals surface area contributed by atoms with Gasteiger partial charge in [0.05, 0.1) is 4.90 Å². The van der Waals surface area contributed by atoms with Crippen molar-refractivity contribution in [2.24, 2.45) is 17.6 Å². The van der Waals surface area contributed by atoms with Gasteiger partial charge >= 0.3 is 0 Å². The number of rotatable bonds is 2. The summed E-state index contributed by atoms with van der Waals surface area (Å²) >= 11 is 0. The number of fused-ring (bicyclic) bond motifs is 1. The summed E-state index contributed by atoms with van der Waals surface area (Å²) in [6.07, 6.45) is 3.27. The number of hydrogen-bond acceptors (Lipinski definition) is 3. The van der Waals surface area contributed by atoms with Crippen LogP contribution < -0.4 is 5.73 Å². The largest absolute Gasteiger partial charge is 0.327 e. The van der Waals surface area contributed by atoms with E-state index in [9.17, 15) is 8.42 Å². The number of sulfonamides is 1. The average molecular weight is 317 g/mol. The van der Waals surface area contributed by atoms with Crippen molar-refractivity contribution in [2.45, 2.75) is 30.2 Å². The highest BCUT2D eigenvalue weighted by molar-refractivity contribution is 7.89. The highest BCUT2D eigenvalue weighted by atomic mass is 35.5. The predicted molar refractivity (Wildman–Crippen MR) is 81.3 cm³/mol. The fourth-order valence-electron chi connectivity index (χ4n) is 3.41. The van der Waals surface area contributed by atoms with E-state index in [-0.39, 0.29) is 18.4 Å². The molecular weight excluding hydrogens is 296 g/mol. The Labute approximate surface area is 126 Å². The van der Waals surface area contributed by atoms with Crippen molar-refractivity contribution < 1.29 is 8.42 Å². The standard InChI is InChI=1S/C14H20N2O2S.ClH/c15-14-8-4-5-11-9-16(10-13(11)14)19(17,18)12-6-2-1-3-7-12;/h1-3,6-7,11,13-14H,4-5,8-10,15H2;1H. The lowest BCUT2D eigenvalue weighted by atomic mass is 9.78. The number of nitrogens with two attached hydrogens (primary N) is 1. The zero-order valence-corrected chi connectivity index (χ0v) is 12.9. The minimum absolute atomic E-state index is 0. The maximum Gasteiger partial charge on any atom is 0.243 e. The first kappa shape index (κ1) is 15.8. The van der Waals surface area contributed by atoms with E-state index in [1.807, 2.05) is 6.07 Å². The summed E-state index contributed by atoms with van der Waals surface area (Å²) in [6, 6.07) is 8.85. The van der Waals surface area contributed by atoms with Crippen LogP contribution in [0.3, 0.4) is 0 Å². The van der Waals surface area contributed by atoms with Crippen LogP contribution in [-0.4, -0.2) is 31.9 Å². The number of nitrogens with zero attached hydrogens (tertiary/aromatic N) is 1. The lowest BCUT2D eigenvalue weighted by Gasteiger charge is -2.29. The van der Waals surface area contributed by atoms with Gasteiger partial charge in [-0.15, -0.1) is 12.4 Å². The summed E-state index contributed by atoms with van der Waals surface area (Å²) < 4.78 is 26.8. The molecule has 1 saturated heterocycles. The fraction of sp³-hybridized carbons (Fsp3) is 0.571. The average Bonchev–Trinajstić information content (AvgIpc) is 2.86. The van der Waals surface area contributed by atoms with Gasteiger partial charge in [-0.05, 0) is 36.8 Å². The molecule has 1 aliphatic carbocycles. The van der Waals surface area contributed by atoms with Crippen molar-refractivity contribution in [2.75, 3.05) is 13.1 Å². The van der Waals surface area contributed by atoms with E-state index in [1.165, 1.54) is 0 Å². The van der Waals surface area contributed by atoms with E-state index in [1.54, 1.807) is 28.6 Å². The minimum Gasteiger partial charge on any atom is -0.327 e. The van der Waals surface area contributed by atoms with E-state index in [4.69, 9.17) is 5.73 Å². The first-order valence-corrected chi connectivity index (χ1v) is 8.34. The molecule has 0 bridgehead atoms. The van der Waals surface area contributed by atoms with Gasteiger partial charge < -0.3 is 5.73 Å². The van der Waals surface area contributed by atoms with Crippen molar-refractivity contribution in [1.29, 1.82) is 0 Å². The molecule has 1 aromatic rings. The summed E-state index contributed by atoms with van der Waals surface area (Å²) in [5.74, 6) is 0.787. The van der Waals surface area contributed by atoms with Gasteiger partial charge in [-0.25, -0.2) is 8.42 Å². The van der Waals surface area contributed by atoms with Crippen LogP contribution >= 0.6 is 12.4 Å². The molecule has 0 spiro atoms. The first-order valence-electron chi connectivity index (χ1n) is 6.90. The summed E-state index contributed by atoms with van der Waals surface area (Å²) in [5.41, 5.74) is 6.14. The van der Waals surface area contributed by atoms with E-state index in [0.29, 0.717) is 29.8 Å². The molecule has 1 aliphatic heterocycles. The molecule has 0 amide bonds. The van der Waals surface area contributed by atoms with Crippen LogP contribution in [0.1, 0.15) is 19.3 Å². The second kappa shape index (κ2) is 6.02. The Morgan fingerprint density at radius 2 is 1.80 bits per heavy atom. The molecule has 1 heterocycles. The van der Waals surface area contributed by atoms with Crippen LogP contribution in [-0.2, 0) is 10.0 Å². The fourth-order valence-corrected chi connectivity index (χ4v) is 4.97. The highest BCUT2D eigenvalue weighted by Gasteiger charge is 2.43. The predicted octanol–water partition coefficient (Wildman–Crippen LogP) is 1.86. The third kappa shape index (κ3) is 2.72. The molecule has 6 heteroatoms. The molecule has 2 N–H and O–H groups in total.